The third kappa shape index (κ3) is 4.42. The number of fused-ring (bicyclic) bond motifs is 1. The van der Waals surface area contributed by atoms with Gasteiger partial charge in [-0.25, -0.2) is 0 Å². The van der Waals surface area contributed by atoms with E-state index in [2.05, 4.69) is 45.4 Å². The van der Waals surface area contributed by atoms with Gasteiger partial charge in [0.25, 0.3) is 0 Å². The van der Waals surface area contributed by atoms with Crippen molar-refractivity contribution in [2.75, 3.05) is 31.1 Å². The fraction of sp³-hybridized carbons (Fsp3) is 0.632. The number of hydrogen-bond donors (Lipinski definition) is 1. The zero-order chi connectivity index (χ0) is 15.6. The van der Waals surface area contributed by atoms with Crippen LogP contribution in [0.3, 0.4) is 0 Å². The maximum Gasteiger partial charge on any atom is 0.239 e. The molecule has 1 N–H and O–H groups in total. The smallest absolute Gasteiger partial charge is 0.239 e. The van der Waals surface area contributed by atoms with Crippen LogP contribution in [0.4, 0.5) is 5.69 Å². The highest BCUT2D eigenvalue weighted by molar-refractivity contribution is 5.85. The number of piperazine rings is 1. The van der Waals surface area contributed by atoms with E-state index < -0.39 is 0 Å². The Morgan fingerprint density at radius 2 is 1.64 bits per heavy atom. The fourth-order valence-corrected chi connectivity index (χ4v) is 4.55. The maximum atomic E-state index is 12.8. The molecule has 0 bridgehead atoms. The highest BCUT2D eigenvalue weighted by atomic mass is 35.5. The zero-order valence-electron chi connectivity index (χ0n) is 14.6. The highest BCUT2D eigenvalue weighted by Gasteiger charge is 2.40. The molecule has 3 atom stereocenters. The summed E-state index contributed by atoms with van der Waals surface area (Å²) in [5, 5.41) is 3.63. The minimum Gasteiger partial charge on any atom is -0.368 e. The minimum atomic E-state index is 0. The van der Waals surface area contributed by atoms with Crippen LogP contribution < -0.4 is 10.2 Å². The predicted octanol–water partition coefficient (Wildman–Crippen LogP) is 3.10. The lowest BCUT2D eigenvalue weighted by atomic mass is 9.85. The van der Waals surface area contributed by atoms with E-state index in [-0.39, 0.29) is 30.9 Å². The minimum absolute atomic E-state index is 0. The number of carbonyl (C=O) groups is 1. The Balaban J connectivity index is 0.00000113. The Hall–Kier alpha value is -0.970. The molecule has 3 unspecified atom stereocenters. The van der Waals surface area contributed by atoms with Gasteiger partial charge in [0.1, 0.15) is 0 Å². The molecule has 2 aliphatic heterocycles. The second-order valence-corrected chi connectivity index (χ2v) is 7.25. The van der Waals surface area contributed by atoms with E-state index in [1.807, 2.05) is 0 Å². The number of nitrogens with one attached hydrogen (secondary N) is 1. The second-order valence-electron chi connectivity index (χ2n) is 7.25. The summed E-state index contributed by atoms with van der Waals surface area (Å²) in [5.74, 6) is 1.08. The van der Waals surface area contributed by atoms with Gasteiger partial charge in [-0.3, -0.25) is 4.79 Å². The topological polar surface area (TPSA) is 35.6 Å². The third-order valence-electron chi connectivity index (χ3n) is 5.87. The quantitative estimate of drug-likeness (QED) is 0.849. The average molecular weight is 386 g/mol. The van der Waals surface area contributed by atoms with Gasteiger partial charge < -0.3 is 15.1 Å². The maximum absolute atomic E-state index is 12.8. The molecule has 1 aromatic rings. The number of para-hydroxylation sites is 1. The molecule has 25 heavy (non-hydrogen) atoms. The first-order chi connectivity index (χ1) is 11.3. The van der Waals surface area contributed by atoms with Gasteiger partial charge in [-0.1, -0.05) is 31.0 Å². The van der Waals surface area contributed by atoms with E-state index in [4.69, 9.17) is 0 Å². The average Bonchev–Trinajstić information content (AvgIpc) is 3.06. The lowest BCUT2D eigenvalue weighted by Gasteiger charge is -2.37. The molecule has 2 heterocycles. The molecule has 4 nitrogen and oxygen atoms in total. The molecular weight excluding hydrogens is 357 g/mol. The van der Waals surface area contributed by atoms with E-state index in [1.165, 1.54) is 31.4 Å². The molecule has 2 saturated heterocycles. The van der Waals surface area contributed by atoms with Crippen LogP contribution in [0.25, 0.3) is 0 Å². The number of rotatable bonds is 2. The SMILES string of the molecule is Cl.Cl.O=C(C1CC2CCCCC2N1)N1CCN(c2ccccc2)CC1. The first-order valence-electron chi connectivity index (χ1n) is 9.16. The van der Waals surface area contributed by atoms with Gasteiger partial charge >= 0.3 is 0 Å². The largest absolute Gasteiger partial charge is 0.368 e. The van der Waals surface area contributed by atoms with Gasteiger partial charge in [-0.2, -0.15) is 0 Å². The number of benzene rings is 1. The Morgan fingerprint density at radius 3 is 2.32 bits per heavy atom. The third-order valence-corrected chi connectivity index (χ3v) is 5.87. The van der Waals surface area contributed by atoms with Crippen LogP contribution in [0.15, 0.2) is 30.3 Å². The summed E-state index contributed by atoms with van der Waals surface area (Å²) in [6.07, 6.45) is 6.30. The van der Waals surface area contributed by atoms with Crippen LogP contribution in [0.5, 0.6) is 0 Å². The van der Waals surface area contributed by atoms with E-state index >= 15 is 0 Å². The molecule has 6 heteroatoms. The van der Waals surface area contributed by atoms with Crippen LogP contribution in [0, 0.1) is 5.92 Å². The number of nitrogens with zero attached hydrogens (tertiary/aromatic N) is 2. The standard InChI is InChI=1S/C19H27N3O.2ClH/c23-19(18-14-15-6-4-5-9-17(15)20-18)22-12-10-21(11-13-22)16-7-2-1-3-8-16;;/h1-3,7-8,15,17-18,20H,4-6,9-14H2;2*1H. The second kappa shape index (κ2) is 9.11. The van der Waals surface area contributed by atoms with Crippen molar-refractivity contribution in [1.29, 1.82) is 0 Å². The predicted molar refractivity (Wildman–Crippen MR) is 107 cm³/mol. The molecule has 0 radical (unpaired) electrons. The summed E-state index contributed by atoms with van der Waals surface area (Å²) < 4.78 is 0. The van der Waals surface area contributed by atoms with Crippen molar-refractivity contribution >= 4 is 36.4 Å². The Bertz CT molecular complexity index is 535. The van der Waals surface area contributed by atoms with Crippen LogP contribution in [0.1, 0.15) is 32.1 Å². The fourth-order valence-electron chi connectivity index (χ4n) is 4.55. The Labute approximate surface area is 163 Å². The van der Waals surface area contributed by atoms with E-state index in [0.717, 1.165) is 38.5 Å². The number of anilines is 1. The summed E-state index contributed by atoms with van der Waals surface area (Å²) in [5.41, 5.74) is 1.27. The first-order valence-corrected chi connectivity index (χ1v) is 9.16. The Kier molecular flexibility index (Phi) is 7.41. The molecule has 3 aliphatic rings. The van der Waals surface area contributed by atoms with Crippen molar-refractivity contribution in [3.63, 3.8) is 0 Å². The van der Waals surface area contributed by atoms with Gasteiger partial charge in [0, 0.05) is 37.9 Å². The lowest BCUT2D eigenvalue weighted by Crippen LogP contribution is -2.53. The van der Waals surface area contributed by atoms with Crippen molar-refractivity contribution in [1.82, 2.24) is 10.2 Å². The molecule has 1 amide bonds. The molecule has 1 aromatic carbocycles. The van der Waals surface area contributed by atoms with Gasteiger partial charge in [0.05, 0.1) is 6.04 Å². The van der Waals surface area contributed by atoms with E-state index in [1.54, 1.807) is 0 Å². The van der Waals surface area contributed by atoms with Crippen molar-refractivity contribution in [3.05, 3.63) is 30.3 Å². The number of carbonyl (C=O) groups excluding carboxylic acids is 1. The lowest BCUT2D eigenvalue weighted by molar-refractivity contribution is -0.133. The molecule has 1 aliphatic carbocycles. The molecule has 140 valence electrons. The van der Waals surface area contributed by atoms with E-state index in [9.17, 15) is 4.79 Å². The molecule has 1 saturated carbocycles. The van der Waals surface area contributed by atoms with Gasteiger partial charge in [0.2, 0.25) is 5.91 Å². The molecular formula is C19H29Cl2N3O. The molecule has 0 spiro atoms. The van der Waals surface area contributed by atoms with Gasteiger partial charge in [-0.05, 0) is 37.3 Å². The summed E-state index contributed by atoms with van der Waals surface area (Å²) in [6, 6.07) is 11.2. The van der Waals surface area contributed by atoms with Crippen molar-refractivity contribution in [2.45, 2.75) is 44.2 Å². The number of amides is 1. The van der Waals surface area contributed by atoms with Crippen LogP contribution in [-0.2, 0) is 4.79 Å². The monoisotopic (exact) mass is 385 g/mol. The molecule has 0 aromatic heterocycles. The number of halogens is 2. The van der Waals surface area contributed by atoms with Crippen molar-refractivity contribution in [2.24, 2.45) is 5.92 Å². The summed E-state index contributed by atoms with van der Waals surface area (Å²) in [4.78, 5) is 17.3. The zero-order valence-corrected chi connectivity index (χ0v) is 16.2. The van der Waals surface area contributed by atoms with Gasteiger partial charge in [0.15, 0.2) is 0 Å². The summed E-state index contributed by atoms with van der Waals surface area (Å²) >= 11 is 0. The molecule has 4 rings (SSSR count). The first kappa shape index (κ1) is 20.3. The highest BCUT2D eigenvalue weighted by Crippen LogP contribution is 2.33. The van der Waals surface area contributed by atoms with Crippen LogP contribution in [0.2, 0.25) is 0 Å². The van der Waals surface area contributed by atoms with E-state index in [0.29, 0.717) is 11.9 Å². The Morgan fingerprint density at radius 1 is 0.960 bits per heavy atom. The number of hydrogen-bond acceptors (Lipinski definition) is 3. The van der Waals surface area contributed by atoms with Gasteiger partial charge in [-0.15, -0.1) is 24.8 Å². The normalized spacial score (nSPS) is 28.6. The van der Waals surface area contributed by atoms with Crippen molar-refractivity contribution in [3.8, 4) is 0 Å². The summed E-state index contributed by atoms with van der Waals surface area (Å²) in [7, 11) is 0. The summed E-state index contributed by atoms with van der Waals surface area (Å²) in [6.45, 7) is 3.58. The van der Waals surface area contributed by atoms with Crippen LogP contribution >= 0.6 is 24.8 Å². The van der Waals surface area contributed by atoms with Crippen LogP contribution in [-0.4, -0.2) is 49.1 Å². The van der Waals surface area contributed by atoms with Crippen molar-refractivity contribution < 1.29 is 4.79 Å². The molecule has 3 fully saturated rings.